The van der Waals surface area contributed by atoms with Crippen LogP contribution in [0.1, 0.15) is 23.7 Å². The molecule has 0 bridgehead atoms. The number of amides is 1. The monoisotopic (exact) mass is 330 g/mol. The highest BCUT2D eigenvalue weighted by atomic mass is 16.5. The van der Waals surface area contributed by atoms with Crippen LogP contribution in [0, 0.1) is 6.92 Å². The number of benzene rings is 1. The molecule has 7 nitrogen and oxygen atoms in total. The van der Waals surface area contributed by atoms with Crippen LogP contribution in [0.5, 0.6) is 5.75 Å². The van der Waals surface area contributed by atoms with E-state index in [0.717, 1.165) is 23.6 Å². The molecule has 1 aromatic heterocycles. The molecule has 0 radical (unpaired) electrons. The first-order valence-electron chi connectivity index (χ1n) is 8.04. The van der Waals surface area contributed by atoms with Crippen LogP contribution in [0.25, 0.3) is 0 Å². The molecule has 1 amide bonds. The Bertz CT molecular complexity index is 674. The number of carbonyl (C=O) groups excluding carboxylic acids is 1. The van der Waals surface area contributed by atoms with E-state index in [1.807, 2.05) is 31.2 Å². The third-order valence-corrected chi connectivity index (χ3v) is 4.32. The Morgan fingerprint density at radius 3 is 3.04 bits per heavy atom. The molecule has 0 aliphatic carbocycles. The molecular formula is C17H22N4O3. The lowest BCUT2D eigenvalue weighted by Gasteiger charge is -2.24. The molecule has 1 aromatic carbocycles. The quantitative estimate of drug-likeness (QED) is 0.869. The summed E-state index contributed by atoms with van der Waals surface area (Å²) >= 11 is 0. The summed E-state index contributed by atoms with van der Waals surface area (Å²) in [4.78, 5) is 18.2. The SMILES string of the molecule is Cc1ccccc1OCC(=O)N(C)C[C@H]1OCC[C@H]1c1ncn[nH]1. The Labute approximate surface area is 141 Å². The maximum atomic E-state index is 12.3. The molecule has 2 atom stereocenters. The van der Waals surface area contributed by atoms with E-state index >= 15 is 0 Å². The number of nitrogens with one attached hydrogen (secondary N) is 1. The van der Waals surface area contributed by atoms with E-state index < -0.39 is 0 Å². The second-order valence-corrected chi connectivity index (χ2v) is 6.00. The molecule has 7 heteroatoms. The number of aryl methyl sites for hydroxylation is 1. The van der Waals surface area contributed by atoms with Crippen LogP contribution in [0.4, 0.5) is 0 Å². The number of likely N-dealkylation sites (N-methyl/N-ethyl adjacent to an activating group) is 1. The van der Waals surface area contributed by atoms with Crippen LogP contribution in [0.3, 0.4) is 0 Å². The largest absolute Gasteiger partial charge is 0.484 e. The van der Waals surface area contributed by atoms with Gasteiger partial charge < -0.3 is 14.4 Å². The first kappa shape index (κ1) is 16.4. The van der Waals surface area contributed by atoms with Crippen LogP contribution >= 0.6 is 0 Å². The summed E-state index contributed by atoms with van der Waals surface area (Å²) in [7, 11) is 1.77. The van der Waals surface area contributed by atoms with Crippen LogP contribution in [0.2, 0.25) is 0 Å². The molecule has 1 fully saturated rings. The zero-order valence-electron chi connectivity index (χ0n) is 13.9. The predicted octanol–water partition coefficient (Wildman–Crippen LogP) is 1.52. The molecule has 3 rings (SSSR count). The molecular weight excluding hydrogens is 308 g/mol. The van der Waals surface area contributed by atoms with Crippen LogP contribution in [-0.2, 0) is 9.53 Å². The first-order valence-corrected chi connectivity index (χ1v) is 8.04. The number of carbonyl (C=O) groups is 1. The van der Waals surface area contributed by atoms with Gasteiger partial charge in [0.15, 0.2) is 6.61 Å². The maximum Gasteiger partial charge on any atom is 0.260 e. The lowest BCUT2D eigenvalue weighted by molar-refractivity contribution is -0.133. The van der Waals surface area contributed by atoms with Crippen molar-refractivity contribution in [2.75, 3.05) is 26.8 Å². The van der Waals surface area contributed by atoms with E-state index in [9.17, 15) is 4.79 Å². The van der Waals surface area contributed by atoms with Gasteiger partial charge >= 0.3 is 0 Å². The lowest BCUT2D eigenvalue weighted by Crippen LogP contribution is -2.38. The summed E-state index contributed by atoms with van der Waals surface area (Å²) in [6.45, 7) is 3.14. The van der Waals surface area contributed by atoms with Gasteiger partial charge in [-0.3, -0.25) is 9.89 Å². The van der Waals surface area contributed by atoms with Crippen molar-refractivity contribution in [2.45, 2.75) is 25.4 Å². The van der Waals surface area contributed by atoms with Crippen molar-refractivity contribution < 1.29 is 14.3 Å². The van der Waals surface area contributed by atoms with Gasteiger partial charge in [-0.1, -0.05) is 18.2 Å². The predicted molar refractivity (Wildman–Crippen MR) is 87.8 cm³/mol. The topological polar surface area (TPSA) is 80.3 Å². The number of aromatic nitrogens is 3. The van der Waals surface area contributed by atoms with Crippen molar-refractivity contribution in [3.8, 4) is 5.75 Å². The number of nitrogens with zero attached hydrogens (tertiary/aromatic N) is 3. The van der Waals surface area contributed by atoms with Gasteiger partial charge in [0.2, 0.25) is 0 Å². The summed E-state index contributed by atoms with van der Waals surface area (Å²) in [6.07, 6.45) is 2.29. The van der Waals surface area contributed by atoms with E-state index in [2.05, 4.69) is 15.2 Å². The summed E-state index contributed by atoms with van der Waals surface area (Å²) in [5, 5.41) is 6.79. The smallest absolute Gasteiger partial charge is 0.260 e. The van der Waals surface area contributed by atoms with Crippen LogP contribution in [-0.4, -0.2) is 58.9 Å². The van der Waals surface area contributed by atoms with Gasteiger partial charge in [0, 0.05) is 26.1 Å². The second-order valence-electron chi connectivity index (χ2n) is 6.00. The molecule has 0 unspecified atom stereocenters. The maximum absolute atomic E-state index is 12.3. The number of aromatic amines is 1. The standard InChI is InChI=1S/C17H22N4O3/c1-12-5-3-4-6-14(12)24-10-16(22)21(2)9-15-13(7-8-23-15)17-18-11-19-20-17/h3-6,11,13,15H,7-10H2,1-2H3,(H,18,19,20)/t13-,15-/m1/s1. The molecule has 0 saturated carbocycles. The summed E-state index contributed by atoms with van der Waals surface area (Å²) in [6, 6.07) is 7.66. The number of ether oxygens (including phenoxy) is 2. The Hall–Kier alpha value is -2.41. The number of hydrogen-bond acceptors (Lipinski definition) is 5. The molecule has 24 heavy (non-hydrogen) atoms. The van der Waals surface area contributed by atoms with Crippen molar-refractivity contribution in [2.24, 2.45) is 0 Å². The highest BCUT2D eigenvalue weighted by Crippen LogP contribution is 2.29. The normalized spacial score (nSPS) is 20.1. The van der Waals surface area contributed by atoms with Gasteiger partial charge in [-0.2, -0.15) is 5.10 Å². The number of hydrogen-bond donors (Lipinski definition) is 1. The molecule has 1 N–H and O–H groups in total. The van der Waals surface area contributed by atoms with Gasteiger partial charge in [0.05, 0.1) is 6.10 Å². The lowest BCUT2D eigenvalue weighted by atomic mass is 10.0. The molecule has 2 aromatic rings. The van der Waals surface area contributed by atoms with Crippen molar-refractivity contribution >= 4 is 5.91 Å². The Kier molecular flexibility index (Phi) is 5.10. The van der Waals surface area contributed by atoms with Crippen molar-refractivity contribution in [1.82, 2.24) is 20.1 Å². The average molecular weight is 330 g/mol. The van der Waals surface area contributed by atoms with E-state index in [1.54, 1.807) is 11.9 Å². The second kappa shape index (κ2) is 7.44. The summed E-state index contributed by atoms with van der Waals surface area (Å²) in [5.74, 6) is 1.61. The fraction of sp³-hybridized carbons (Fsp3) is 0.471. The fourth-order valence-corrected chi connectivity index (χ4v) is 2.87. The van der Waals surface area contributed by atoms with Crippen molar-refractivity contribution in [1.29, 1.82) is 0 Å². The minimum Gasteiger partial charge on any atom is -0.484 e. The van der Waals surface area contributed by atoms with Gasteiger partial charge in [-0.05, 0) is 25.0 Å². The first-order chi connectivity index (χ1) is 11.6. The molecule has 1 aliphatic heterocycles. The molecule has 1 saturated heterocycles. The van der Waals surface area contributed by atoms with Gasteiger partial charge in [-0.25, -0.2) is 4.98 Å². The van der Waals surface area contributed by atoms with E-state index in [1.165, 1.54) is 6.33 Å². The van der Waals surface area contributed by atoms with Gasteiger partial charge in [0.25, 0.3) is 5.91 Å². The van der Waals surface area contributed by atoms with E-state index in [0.29, 0.717) is 13.2 Å². The number of H-pyrrole nitrogens is 1. The Balaban J connectivity index is 1.53. The molecule has 2 heterocycles. The highest BCUT2D eigenvalue weighted by Gasteiger charge is 2.33. The summed E-state index contributed by atoms with van der Waals surface area (Å²) < 4.78 is 11.4. The van der Waals surface area contributed by atoms with Crippen LogP contribution < -0.4 is 4.74 Å². The Morgan fingerprint density at radius 2 is 2.29 bits per heavy atom. The average Bonchev–Trinajstić information content (AvgIpc) is 3.24. The minimum atomic E-state index is -0.0786. The van der Waals surface area contributed by atoms with Crippen molar-refractivity contribution in [3.05, 3.63) is 42.0 Å². The zero-order valence-corrected chi connectivity index (χ0v) is 13.9. The van der Waals surface area contributed by atoms with Crippen LogP contribution in [0.15, 0.2) is 30.6 Å². The minimum absolute atomic E-state index is 0.0149. The molecule has 128 valence electrons. The Morgan fingerprint density at radius 1 is 1.46 bits per heavy atom. The number of rotatable bonds is 6. The highest BCUT2D eigenvalue weighted by molar-refractivity contribution is 5.77. The molecule has 1 aliphatic rings. The summed E-state index contributed by atoms with van der Waals surface area (Å²) in [5.41, 5.74) is 1.01. The van der Waals surface area contributed by atoms with E-state index in [4.69, 9.17) is 9.47 Å². The number of para-hydroxylation sites is 1. The van der Waals surface area contributed by atoms with E-state index in [-0.39, 0.29) is 24.5 Å². The van der Waals surface area contributed by atoms with Crippen molar-refractivity contribution in [3.63, 3.8) is 0 Å². The third-order valence-electron chi connectivity index (χ3n) is 4.32. The zero-order chi connectivity index (χ0) is 16.9. The van der Waals surface area contributed by atoms with Gasteiger partial charge in [-0.15, -0.1) is 0 Å². The molecule has 0 spiro atoms. The third kappa shape index (κ3) is 3.73. The van der Waals surface area contributed by atoms with Gasteiger partial charge in [0.1, 0.15) is 17.9 Å². The fourth-order valence-electron chi connectivity index (χ4n) is 2.87.